The smallest absolute Gasteiger partial charge is 0.324 e. The number of nitrogens with zero attached hydrogens (tertiary/aromatic N) is 2. The molecule has 0 aliphatic carbocycles. The van der Waals surface area contributed by atoms with Crippen LogP contribution in [0.4, 0.5) is 11.4 Å². The van der Waals surface area contributed by atoms with Crippen LogP contribution in [0.15, 0.2) is 47.4 Å². The summed E-state index contributed by atoms with van der Waals surface area (Å²) in [5.41, 5.74) is 0.0800. The Bertz CT molecular complexity index is 928. The molecule has 0 saturated carbocycles. The maximum Gasteiger partial charge on any atom is 0.324 e. The third kappa shape index (κ3) is 4.06. The van der Waals surface area contributed by atoms with Crippen LogP contribution in [0.5, 0.6) is 0 Å². The van der Waals surface area contributed by atoms with Crippen molar-refractivity contribution in [1.29, 1.82) is 0 Å². The van der Waals surface area contributed by atoms with Gasteiger partial charge in [0.15, 0.2) is 0 Å². The standard InChI is InChI=1S/C15H13ClN2O6S/c1-10-8-12(18(21)22)4-7-14(10)17(9-15(19)20)25(23,24)13-5-2-11(16)3-6-13/h2-8H,9H2,1H3,(H,19,20). The molecule has 0 fully saturated rings. The van der Waals surface area contributed by atoms with Crippen molar-refractivity contribution in [2.24, 2.45) is 0 Å². The van der Waals surface area contributed by atoms with Gasteiger partial charge in [0.25, 0.3) is 15.7 Å². The van der Waals surface area contributed by atoms with Crippen molar-refractivity contribution in [2.75, 3.05) is 10.8 Å². The molecule has 0 atom stereocenters. The fourth-order valence-corrected chi connectivity index (χ4v) is 3.79. The van der Waals surface area contributed by atoms with Crippen LogP contribution in [0, 0.1) is 17.0 Å². The SMILES string of the molecule is Cc1cc([N+](=O)[O-])ccc1N(CC(=O)O)S(=O)(=O)c1ccc(Cl)cc1. The van der Waals surface area contributed by atoms with Gasteiger partial charge in [-0.1, -0.05) is 11.6 Å². The summed E-state index contributed by atoms with van der Waals surface area (Å²) in [4.78, 5) is 21.2. The van der Waals surface area contributed by atoms with E-state index < -0.39 is 27.5 Å². The Morgan fingerprint density at radius 2 is 1.84 bits per heavy atom. The topological polar surface area (TPSA) is 118 Å². The van der Waals surface area contributed by atoms with E-state index in [0.29, 0.717) is 9.33 Å². The third-order valence-electron chi connectivity index (χ3n) is 3.34. The maximum atomic E-state index is 12.8. The van der Waals surface area contributed by atoms with Crippen molar-refractivity contribution < 1.29 is 23.2 Å². The van der Waals surface area contributed by atoms with Crippen LogP contribution in [-0.4, -0.2) is 31.0 Å². The van der Waals surface area contributed by atoms with E-state index in [4.69, 9.17) is 16.7 Å². The minimum absolute atomic E-state index is 0.0444. The van der Waals surface area contributed by atoms with Crippen LogP contribution in [-0.2, 0) is 14.8 Å². The first-order chi connectivity index (χ1) is 11.6. The summed E-state index contributed by atoms with van der Waals surface area (Å²) in [5.74, 6) is -1.37. The number of carbonyl (C=O) groups is 1. The number of hydrogen-bond acceptors (Lipinski definition) is 5. The molecule has 0 saturated heterocycles. The summed E-state index contributed by atoms with van der Waals surface area (Å²) < 4.78 is 26.4. The minimum atomic E-state index is -4.20. The van der Waals surface area contributed by atoms with Gasteiger partial charge in [0.1, 0.15) is 6.54 Å². The average molecular weight is 385 g/mol. The molecule has 0 spiro atoms. The predicted molar refractivity (Wildman–Crippen MR) is 91.5 cm³/mol. The van der Waals surface area contributed by atoms with Crippen LogP contribution >= 0.6 is 11.6 Å². The number of nitro groups is 1. The highest BCUT2D eigenvalue weighted by molar-refractivity contribution is 7.92. The zero-order valence-corrected chi connectivity index (χ0v) is 14.5. The van der Waals surface area contributed by atoms with Crippen molar-refractivity contribution in [3.63, 3.8) is 0 Å². The van der Waals surface area contributed by atoms with Gasteiger partial charge in [0.2, 0.25) is 0 Å². The first-order valence-corrected chi connectivity index (χ1v) is 8.70. The Balaban J connectivity index is 2.58. The van der Waals surface area contributed by atoms with E-state index in [9.17, 15) is 23.3 Å². The molecule has 10 heteroatoms. The molecule has 0 bridgehead atoms. The van der Waals surface area contributed by atoms with Gasteiger partial charge in [0.05, 0.1) is 15.5 Å². The Hall–Kier alpha value is -2.65. The summed E-state index contributed by atoms with van der Waals surface area (Å²) >= 11 is 5.75. The molecule has 0 aromatic heterocycles. The molecular formula is C15H13ClN2O6S. The van der Waals surface area contributed by atoms with Crippen molar-refractivity contribution in [1.82, 2.24) is 0 Å². The molecule has 0 heterocycles. The molecule has 2 aromatic carbocycles. The summed E-state index contributed by atoms with van der Waals surface area (Å²) in [5, 5.41) is 20.3. The van der Waals surface area contributed by atoms with E-state index in [1.54, 1.807) is 0 Å². The predicted octanol–water partition coefficient (Wildman–Crippen LogP) is 2.84. The average Bonchev–Trinajstić information content (AvgIpc) is 2.53. The summed E-state index contributed by atoms with van der Waals surface area (Å²) in [7, 11) is -4.20. The summed E-state index contributed by atoms with van der Waals surface area (Å²) in [6.45, 7) is 0.637. The van der Waals surface area contributed by atoms with E-state index in [1.165, 1.54) is 43.3 Å². The number of anilines is 1. The zero-order chi connectivity index (χ0) is 18.8. The van der Waals surface area contributed by atoms with Crippen LogP contribution < -0.4 is 4.31 Å². The number of aryl methyl sites for hydroxylation is 1. The molecule has 25 heavy (non-hydrogen) atoms. The van der Waals surface area contributed by atoms with Gasteiger partial charge >= 0.3 is 5.97 Å². The van der Waals surface area contributed by atoms with Crippen molar-refractivity contribution in [2.45, 2.75) is 11.8 Å². The van der Waals surface area contributed by atoms with Crippen molar-refractivity contribution in [3.8, 4) is 0 Å². The monoisotopic (exact) mass is 384 g/mol. The molecular weight excluding hydrogens is 372 g/mol. The highest BCUT2D eigenvalue weighted by Gasteiger charge is 2.28. The van der Waals surface area contributed by atoms with Crippen molar-refractivity contribution in [3.05, 3.63) is 63.2 Å². The largest absolute Gasteiger partial charge is 0.480 e. The van der Waals surface area contributed by atoms with Gasteiger partial charge in [-0.25, -0.2) is 8.42 Å². The number of nitro benzene ring substituents is 1. The number of non-ortho nitro benzene ring substituents is 1. The Labute approximate surface area is 148 Å². The van der Waals surface area contributed by atoms with Gasteiger partial charge in [-0.2, -0.15) is 0 Å². The lowest BCUT2D eigenvalue weighted by atomic mass is 10.2. The molecule has 2 rings (SSSR count). The molecule has 132 valence electrons. The number of carboxylic acid groups (broad SMARTS) is 1. The van der Waals surface area contributed by atoms with Crippen LogP contribution in [0.2, 0.25) is 5.02 Å². The lowest BCUT2D eigenvalue weighted by Gasteiger charge is -2.24. The second kappa shape index (κ2) is 7.08. The van der Waals surface area contributed by atoms with Crippen LogP contribution in [0.1, 0.15) is 5.56 Å². The molecule has 0 unspecified atom stereocenters. The quantitative estimate of drug-likeness (QED) is 0.604. The lowest BCUT2D eigenvalue weighted by molar-refractivity contribution is -0.384. The number of halogens is 1. The van der Waals surface area contributed by atoms with Gasteiger partial charge in [-0.15, -0.1) is 0 Å². The molecule has 1 N–H and O–H groups in total. The van der Waals surface area contributed by atoms with Crippen LogP contribution in [0.3, 0.4) is 0 Å². The summed E-state index contributed by atoms with van der Waals surface area (Å²) in [6.07, 6.45) is 0. The number of benzene rings is 2. The molecule has 0 amide bonds. The molecule has 0 radical (unpaired) electrons. The Morgan fingerprint density at radius 1 is 1.24 bits per heavy atom. The molecule has 2 aromatic rings. The van der Waals surface area contributed by atoms with Crippen LogP contribution in [0.25, 0.3) is 0 Å². The molecule has 8 nitrogen and oxygen atoms in total. The lowest BCUT2D eigenvalue weighted by Crippen LogP contribution is -2.36. The Morgan fingerprint density at radius 3 is 2.32 bits per heavy atom. The third-order valence-corrected chi connectivity index (χ3v) is 5.37. The zero-order valence-electron chi connectivity index (χ0n) is 12.9. The fraction of sp³-hybridized carbons (Fsp3) is 0.133. The summed E-state index contributed by atoms with van der Waals surface area (Å²) in [6, 6.07) is 8.77. The second-order valence-corrected chi connectivity index (χ2v) is 7.39. The van der Waals surface area contributed by atoms with E-state index in [1.807, 2.05) is 0 Å². The Kier molecular flexibility index (Phi) is 5.29. The number of rotatable bonds is 6. The molecule has 0 aliphatic heterocycles. The number of sulfonamides is 1. The fourth-order valence-electron chi connectivity index (χ4n) is 2.19. The van der Waals surface area contributed by atoms with E-state index in [0.717, 1.165) is 6.07 Å². The first kappa shape index (κ1) is 18.7. The van der Waals surface area contributed by atoms with Gasteiger partial charge in [-0.05, 0) is 42.8 Å². The highest BCUT2D eigenvalue weighted by atomic mass is 35.5. The number of carboxylic acids is 1. The maximum absolute atomic E-state index is 12.8. The minimum Gasteiger partial charge on any atom is -0.480 e. The van der Waals surface area contributed by atoms with Gasteiger partial charge in [-0.3, -0.25) is 19.2 Å². The molecule has 0 aliphatic rings. The van der Waals surface area contributed by atoms with E-state index >= 15 is 0 Å². The van der Waals surface area contributed by atoms with Crippen molar-refractivity contribution >= 4 is 39.0 Å². The second-order valence-electron chi connectivity index (χ2n) is 5.09. The number of aliphatic carboxylic acids is 1. The van der Waals surface area contributed by atoms with Gasteiger partial charge < -0.3 is 5.11 Å². The van der Waals surface area contributed by atoms with E-state index in [-0.39, 0.29) is 21.8 Å². The first-order valence-electron chi connectivity index (χ1n) is 6.88. The van der Waals surface area contributed by atoms with Gasteiger partial charge in [0, 0.05) is 17.2 Å². The normalized spacial score (nSPS) is 11.1. The number of hydrogen-bond donors (Lipinski definition) is 1. The highest BCUT2D eigenvalue weighted by Crippen LogP contribution is 2.29. The van der Waals surface area contributed by atoms with E-state index in [2.05, 4.69) is 0 Å².